The van der Waals surface area contributed by atoms with Crippen LogP contribution in [-0.4, -0.2) is 55.9 Å². The van der Waals surface area contributed by atoms with Crippen molar-refractivity contribution in [1.29, 1.82) is 0 Å². The molecule has 8 nitrogen and oxygen atoms in total. The first-order valence-corrected chi connectivity index (χ1v) is 9.54. The summed E-state index contributed by atoms with van der Waals surface area (Å²) < 4.78 is 5.37. The first-order chi connectivity index (χ1) is 13.0. The van der Waals surface area contributed by atoms with E-state index in [0.29, 0.717) is 34.5 Å². The number of carbonyl (C=O) groups excluding carboxylic acids is 1. The van der Waals surface area contributed by atoms with Crippen LogP contribution in [0.25, 0.3) is 22.8 Å². The van der Waals surface area contributed by atoms with Crippen LogP contribution in [0.3, 0.4) is 0 Å². The molecule has 4 heterocycles. The molecule has 9 heteroatoms. The van der Waals surface area contributed by atoms with Crippen LogP contribution >= 0.6 is 11.8 Å². The van der Waals surface area contributed by atoms with Crippen molar-refractivity contribution >= 4 is 17.7 Å². The smallest absolute Gasteiger partial charge is 0.260 e. The molecule has 0 aromatic carbocycles. The quantitative estimate of drug-likeness (QED) is 0.538. The van der Waals surface area contributed by atoms with E-state index in [-0.39, 0.29) is 18.0 Å². The Balaban J connectivity index is 1.67. The predicted molar refractivity (Wildman–Crippen MR) is 98.7 cm³/mol. The lowest BCUT2D eigenvalue weighted by Crippen LogP contribution is -2.36. The molecule has 0 saturated carbocycles. The molecule has 4 rings (SSSR count). The number of hydrogen-bond acceptors (Lipinski definition) is 8. The highest BCUT2D eigenvalue weighted by molar-refractivity contribution is 7.98. The van der Waals surface area contributed by atoms with E-state index in [4.69, 9.17) is 4.52 Å². The Morgan fingerprint density at radius 2 is 2.00 bits per heavy atom. The molecule has 0 bridgehead atoms. The molecule has 1 unspecified atom stereocenters. The van der Waals surface area contributed by atoms with E-state index in [9.17, 15) is 9.90 Å². The largest absolute Gasteiger partial charge is 0.374 e. The molecule has 1 saturated heterocycles. The summed E-state index contributed by atoms with van der Waals surface area (Å²) in [5.74, 6) is -0.00332. The van der Waals surface area contributed by atoms with Gasteiger partial charge in [-0.1, -0.05) is 23.0 Å². The van der Waals surface area contributed by atoms with E-state index < -0.39 is 5.60 Å². The summed E-state index contributed by atoms with van der Waals surface area (Å²) in [6, 6.07) is 8.81. The Morgan fingerprint density at radius 1 is 1.22 bits per heavy atom. The van der Waals surface area contributed by atoms with Crippen LogP contribution in [-0.2, 0) is 10.4 Å². The van der Waals surface area contributed by atoms with Crippen molar-refractivity contribution in [2.24, 2.45) is 0 Å². The number of likely N-dealkylation sites (tertiary alicyclic amines) is 1. The topological polar surface area (TPSA) is 105 Å². The number of pyridine rings is 1. The van der Waals surface area contributed by atoms with Crippen LogP contribution in [0.5, 0.6) is 0 Å². The standard InChI is InChI=1S/C18H17N5O3S/c1-23-9-7-18(25,16(23)24)15-10-14(26-22-15)13-5-3-4-11(20-13)12-6-8-19-17(21-12)27-2/h3-6,8,10,25H,7,9H2,1-2H3. The van der Waals surface area contributed by atoms with Crippen LogP contribution in [0.4, 0.5) is 0 Å². The number of carbonyl (C=O) groups is 1. The lowest BCUT2D eigenvalue weighted by atomic mass is 9.97. The second-order valence-corrected chi connectivity index (χ2v) is 7.02. The van der Waals surface area contributed by atoms with Crippen molar-refractivity contribution in [3.05, 3.63) is 42.2 Å². The molecule has 138 valence electrons. The van der Waals surface area contributed by atoms with Crippen molar-refractivity contribution in [3.63, 3.8) is 0 Å². The summed E-state index contributed by atoms with van der Waals surface area (Å²) >= 11 is 1.45. The van der Waals surface area contributed by atoms with Crippen LogP contribution in [0.1, 0.15) is 12.1 Å². The van der Waals surface area contributed by atoms with E-state index in [1.165, 1.54) is 16.7 Å². The monoisotopic (exact) mass is 383 g/mol. The molecule has 1 N–H and O–H groups in total. The fourth-order valence-electron chi connectivity index (χ4n) is 2.98. The summed E-state index contributed by atoms with van der Waals surface area (Å²) in [5.41, 5.74) is 0.456. The number of amides is 1. The second-order valence-electron chi connectivity index (χ2n) is 6.25. The number of likely N-dealkylation sites (N-methyl/N-ethyl adjacent to an activating group) is 1. The van der Waals surface area contributed by atoms with Gasteiger partial charge in [-0.3, -0.25) is 4.79 Å². The van der Waals surface area contributed by atoms with E-state index >= 15 is 0 Å². The van der Waals surface area contributed by atoms with Crippen LogP contribution < -0.4 is 0 Å². The van der Waals surface area contributed by atoms with Gasteiger partial charge in [-0.25, -0.2) is 15.0 Å². The van der Waals surface area contributed by atoms with Crippen LogP contribution in [0.2, 0.25) is 0 Å². The molecule has 1 amide bonds. The second kappa shape index (κ2) is 6.75. The lowest BCUT2D eigenvalue weighted by molar-refractivity contribution is -0.143. The van der Waals surface area contributed by atoms with Crippen LogP contribution in [0, 0.1) is 0 Å². The number of aromatic nitrogens is 4. The average Bonchev–Trinajstić information content (AvgIpc) is 3.31. The third-order valence-electron chi connectivity index (χ3n) is 4.52. The molecule has 3 aromatic rings. The summed E-state index contributed by atoms with van der Waals surface area (Å²) in [4.78, 5) is 26.9. The summed E-state index contributed by atoms with van der Waals surface area (Å²) in [6.45, 7) is 0.469. The Hall–Kier alpha value is -2.78. The number of rotatable bonds is 4. The highest BCUT2D eigenvalue weighted by atomic mass is 32.2. The predicted octanol–water partition coefficient (Wildman–Crippen LogP) is 1.97. The fraction of sp³-hybridized carbons (Fsp3) is 0.278. The average molecular weight is 383 g/mol. The maximum absolute atomic E-state index is 12.2. The maximum atomic E-state index is 12.2. The minimum atomic E-state index is -1.64. The van der Waals surface area contributed by atoms with Crippen molar-refractivity contribution in [3.8, 4) is 22.8 Å². The molecular formula is C18H17N5O3S. The summed E-state index contributed by atoms with van der Waals surface area (Å²) in [6.07, 6.45) is 3.87. The Bertz CT molecular complexity index is 1010. The van der Waals surface area contributed by atoms with Gasteiger partial charge in [0.25, 0.3) is 5.91 Å². The molecule has 0 radical (unpaired) electrons. The van der Waals surface area contributed by atoms with Gasteiger partial charge in [0, 0.05) is 32.3 Å². The maximum Gasteiger partial charge on any atom is 0.260 e. The minimum Gasteiger partial charge on any atom is -0.374 e. The lowest BCUT2D eigenvalue weighted by Gasteiger charge is -2.16. The van der Waals surface area contributed by atoms with Gasteiger partial charge in [0.2, 0.25) is 0 Å². The van der Waals surface area contributed by atoms with Crippen molar-refractivity contribution in [2.45, 2.75) is 17.2 Å². The summed E-state index contributed by atoms with van der Waals surface area (Å²) in [5, 5.41) is 15.3. The van der Waals surface area contributed by atoms with E-state index in [2.05, 4.69) is 20.1 Å². The molecule has 0 aliphatic carbocycles. The first kappa shape index (κ1) is 17.6. The molecule has 1 atom stereocenters. The SMILES string of the molecule is CSc1nccc(-c2cccc(-c3cc(C4(O)CCN(C)C4=O)no3)n2)n1. The zero-order valence-electron chi connectivity index (χ0n) is 14.8. The third kappa shape index (κ3) is 3.08. The zero-order valence-corrected chi connectivity index (χ0v) is 15.6. The number of hydrogen-bond donors (Lipinski definition) is 1. The van der Waals surface area contributed by atoms with Gasteiger partial charge in [-0.15, -0.1) is 0 Å². The van der Waals surface area contributed by atoms with E-state index in [0.717, 1.165) is 0 Å². The third-order valence-corrected chi connectivity index (χ3v) is 5.09. The van der Waals surface area contributed by atoms with Crippen molar-refractivity contribution in [2.75, 3.05) is 19.8 Å². The fourth-order valence-corrected chi connectivity index (χ4v) is 3.33. The van der Waals surface area contributed by atoms with Crippen molar-refractivity contribution < 1.29 is 14.4 Å². The van der Waals surface area contributed by atoms with Gasteiger partial charge < -0.3 is 14.5 Å². The van der Waals surface area contributed by atoms with Gasteiger partial charge in [0.05, 0.1) is 11.4 Å². The minimum absolute atomic E-state index is 0.200. The van der Waals surface area contributed by atoms with Gasteiger partial charge in [0.1, 0.15) is 11.4 Å². The number of nitrogens with zero attached hydrogens (tertiary/aromatic N) is 5. The zero-order chi connectivity index (χ0) is 19.0. The van der Waals surface area contributed by atoms with Gasteiger partial charge in [-0.2, -0.15) is 0 Å². The normalized spacial score (nSPS) is 19.7. The molecular weight excluding hydrogens is 366 g/mol. The van der Waals surface area contributed by atoms with Gasteiger partial charge >= 0.3 is 0 Å². The number of thioether (sulfide) groups is 1. The molecule has 1 aliphatic heterocycles. The highest BCUT2D eigenvalue weighted by Gasteiger charge is 2.47. The number of aliphatic hydroxyl groups is 1. The van der Waals surface area contributed by atoms with Gasteiger partial charge in [0.15, 0.2) is 16.5 Å². The van der Waals surface area contributed by atoms with Crippen LogP contribution in [0.15, 0.2) is 46.2 Å². The molecule has 0 spiro atoms. The first-order valence-electron chi connectivity index (χ1n) is 8.31. The Kier molecular flexibility index (Phi) is 4.40. The highest BCUT2D eigenvalue weighted by Crippen LogP contribution is 2.34. The Morgan fingerprint density at radius 3 is 2.74 bits per heavy atom. The molecule has 1 aliphatic rings. The van der Waals surface area contributed by atoms with E-state index in [1.54, 1.807) is 31.4 Å². The molecule has 27 heavy (non-hydrogen) atoms. The molecule has 3 aromatic heterocycles. The van der Waals surface area contributed by atoms with Gasteiger partial charge in [-0.05, 0) is 24.5 Å². The summed E-state index contributed by atoms with van der Waals surface area (Å²) in [7, 11) is 1.65. The molecule has 1 fully saturated rings. The van der Waals surface area contributed by atoms with E-state index in [1.807, 2.05) is 18.4 Å². The Labute approximate surface area is 159 Å². The van der Waals surface area contributed by atoms with Crippen molar-refractivity contribution in [1.82, 2.24) is 25.0 Å².